The quantitative estimate of drug-likeness (QED) is 0.655. The van der Waals surface area contributed by atoms with Gasteiger partial charge in [-0.25, -0.2) is 9.97 Å². The number of amides is 1. The first-order valence-electron chi connectivity index (χ1n) is 8.91. The minimum absolute atomic E-state index is 0.0950. The molecule has 2 aromatic carbocycles. The molecule has 0 bridgehead atoms. The molecule has 28 heavy (non-hydrogen) atoms. The molecule has 0 saturated heterocycles. The first-order chi connectivity index (χ1) is 13.4. The highest BCUT2D eigenvalue weighted by Crippen LogP contribution is 2.32. The summed E-state index contributed by atoms with van der Waals surface area (Å²) in [5, 5.41) is 7.01. The number of carbonyl (C=O) groups excluding carboxylic acids is 1. The maximum absolute atomic E-state index is 12.5. The number of nitrogens with zero attached hydrogens (tertiary/aromatic N) is 2. The van der Waals surface area contributed by atoms with Crippen molar-refractivity contribution < 1.29 is 14.3 Å². The molecule has 7 heteroatoms. The van der Waals surface area contributed by atoms with E-state index in [1.165, 1.54) is 6.33 Å². The Balaban J connectivity index is 1.70. The number of rotatable bonds is 7. The summed E-state index contributed by atoms with van der Waals surface area (Å²) in [4.78, 5) is 21.0. The summed E-state index contributed by atoms with van der Waals surface area (Å²) in [5.41, 5.74) is 1.14. The average Bonchev–Trinajstić information content (AvgIpc) is 2.71. The standard InChI is InChI=1S/C21H24N4O3/c1-21(2,14-9-10-17(27-3)18(11-14)28-4)25-19(26)12-22-20-15-7-5-6-8-16(15)23-13-24-20/h5-11,13H,12H2,1-4H3,(H,25,26)(H,22,23,24). The maximum Gasteiger partial charge on any atom is 0.240 e. The zero-order valence-corrected chi connectivity index (χ0v) is 16.4. The van der Waals surface area contributed by atoms with Gasteiger partial charge in [0.15, 0.2) is 11.5 Å². The molecule has 0 aliphatic heterocycles. The van der Waals surface area contributed by atoms with Crippen LogP contribution in [0.15, 0.2) is 48.8 Å². The van der Waals surface area contributed by atoms with E-state index in [1.54, 1.807) is 14.2 Å². The predicted octanol–water partition coefficient (Wildman–Crippen LogP) is 3.11. The van der Waals surface area contributed by atoms with E-state index >= 15 is 0 Å². The highest BCUT2D eigenvalue weighted by molar-refractivity contribution is 5.90. The minimum Gasteiger partial charge on any atom is -0.493 e. The van der Waals surface area contributed by atoms with Gasteiger partial charge in [-0.3, -0.25) is 4.79 Å². The van der Waals surface area contributed by atoms with Crippen LogP contribution in [-0.2, 0) is 10.3 Å². The third-order valence-corrected chi connectivity index (χ3v) is 4.52. The van der Waals surface area contributed by atoms with E-state index in [0.717, 1.165) is 16.5 Å². The van der Waals surface area contributed by atoms with Crippen LogP contribution in [0.5, 0.6) is 11.5 Å². The Bertz CT molecular complexity index is 983. The summed E-state index contributed by atoms with van der Waals surface area (Å²) in [5.74, 6) is 1.74. The molecule has 3 rings (SSSR count). The highest BCUT2D eigenvalue weighted by Gasteiger charge is 2.24. The Labute approximate surface area is 164 Å². The molecule has 0 spiro atoms. The summed E-state index contributed by atoms with van der Waals surface area (Å²) in [7, 11) is 3.18. The van der Waals surface area contributed by atoms with Gasteiger partial charge in [0.2, 0.25) is 5.91 Å². The zero-order valence-electron chi connectivity index (χ0n) is 16.4. The molecular formula is C21H24N4O3. The van der Waals surface area contributed by atoms with Crippen LogP contribution in [0, 0.1) is 0 Å². The number of para-hydroxylation sites is 1. The molecule has 0 unspecified atom stereocenters. The van der Waals surface area contributed by atoms with Gasteiger partial charge in [0, 0.05) is 5.39 Å². The lowest BCUT2D eigenvalue weighted by Gasteiger charge is -2.28. The van der Waals surface area contributed by atoms with E-state index < -0.39 is 5.54 Å². The molecule has 0 radical (unpaired) electrons. The molecule has 1 aromatic heterocycles. The van der Waals surface area contributed by atoms with Crippen molar-refractivity contribution in [3.05, 3.63) is 54.4 Å². The van der Waals surface area contributed by atoms with E-state index in [2.05, 4.69) is 20.6 Å². The Hall–Kier alpha value is -3.35. The monoisotopic (exact) mass is 380 g/mol. The fourth-order valence-electron chi connectivity index (χ4n) is 3.00. The van der Waals surface area contributed by atoms with Crippen LogP contribution in [0.1, 0.15) is 19.4 Å². The second kappa shape index (κ2) is 8.12. The van der Waals surface area contributed by atoms with Gasteiger partial charge in [-0.05, 0) is 43.7 Å². The first kappa shape index (κ1) is 19.4. The van der Waals surface area contributed by atoms with E-state index in [4.69, 9.17) is 9.47 Å². The number of anilines is 1. The lowest BCUT2D eigenvalue weighted by Crippen LogP contribution is -2.43. The van der Waals surface area contributed by atoms with Crippen molar-refractivity contribution in [1.82, 2.24) is 15.3 Å². The van der Waals surface area contributed by atoms with Crippen molar-refractivity contribution in [2.45, 2.75) is 19.4 Å². The Morgan fingerprint density at radius 1 is 1.04 bits per heavy atom. The topological polar surface area (TPSA) is 85.4 Å². The number of hydrogen-bond donors (Lipinski definition) is 2. The number of benzene rings is 2. The lowest BCUT2D eigenvalue weighted by molar-refractivity contribution is -0.121. The van der Waals surface area contributed by atoms with Gasteiger partial charge in [-0.1, -0.05) is 18.2 Å². The van der Waals surface area contributed by atoms with Gasteiger partial charge in [-0.2, -0.15) is 0 Å². The second-order valence-corrected chi connectivity index (χ2v) is 6.84. The number of aromatic nitrogens is 2. The Morgan fingerprint density at radius 2 is 1.79 bits per heavy atom. The van der Waals surface area contributed by atoms with Crippen LogP contribution in [0.3, 0.4) is 0 Å². The van der Waals surface area contributed by atoms with Gasteiger partial charge in [-0.15, -0.1) is 0 Å². The Kier molecular flexibility index (Phi) is 5.63. The van der Waals surface area contributed by atoms with E-state index in [-0.39, 0.29) is 12.5 Å². The van der Waals surface area contributed by atoms with E-state index in [1.807, 2.05) is 56.3 Å². The van der Waals surface area contributed by atoms with Crippen molar-refractivity contribution in [2.24, 2.45) is 0 Å². The maximum atomic E-state index is 12.5. The van der Waals surface area contributed by atoms with Crippen molar-refractivity contribution in [1.29, 1.82) is 0 Å². The van der Waals surface area contributed by atoms with Gasteiger partial charge >= 0.3 is 0 Å². The van der Waals surface area contributed by atoms with Crippen LogP contribution < -0.4 is 20.1 Å². The van der Waals surface area contributed by atoms with Gasteiger partial charge in [0.05, 0.1) is 31.8 Å². The molecule has 0 saturated carbocycles. The molecular weight excluding hydrogens is 356 g/mol. The fraction of sp³-hybridized carbons (Fsp3) is 0.286. The number of carbonyl (C=O) groups is 1. The molecule has 0 aliphatic rings. The van der Waals surface area contributed by atoms with Crippen LogP contribution >= 0.6 is 0 Å². The summed E-state index contributed by atoms with van der Waals surface area (Å²) in [6.07, 6.45) is 1.48. The van der Waals surface area contributed by atoms with Gasteiger partial charge in [0.25, 0.3) is 0 Å². The number of fused-ring (bicyclic) bond motifs is 1. The minimum atomic E-state index is -0.591. The molecule has 3 aromatic rings. The molecule has 1 amide bonds. The van der Waals surface area contributed by atoms with Crippen LogP contribution in [0.25, 0.3) is 10.9 Å². The summed E-state index contributed by atoms with van der Waals surface area (Å²) < 4.78 is 10.6. The normalized spacial score (nSPS) is 11.1. The van der Waals surface area contributed by atoms with E-state index in [0.29, 0.717) is 17.3 Å². The molecule has 7 nitrogen and oxygen atoms in total. The third kappa shape index (κ3) is 4.14. The van der Waals surface area contributed by atoms with Gasteiger partial charge in [0.1, 0.15) is 12.1 Å². The molecule has 2 N–H and O–H groups in total. The first-order valence-corrected chi connectivity index (χ1v) is 8.91. The Morgan fingerprint density at radius 3 is 2.54 bits per heavy atom. The largest absolute Gasteiger partial charge is 0.493 e. The number of methoxy groups -OCH3 is 2. The third-order valence-electron chi connectivity index (χ3n) is 4.52. The highest BCUT2D eigenvalue weighted by atomic mass is 16.5. The average molecular weight is 380 g/mol. The van der Waals surface area contributed by atoms with Crippen molar-refractivity contribution in [2.75, 3.05) is 26.1 Å². The van der Waals surface area contributed by atoms with Gasteiger partial charge < -0.3 is 20.1 Å². The summed E-state index contributed by atoms with van der Waals surface area (Å²) in [6, 6.07) is 13.3. The number of nitrogens with one attached hydrogen (secondary N) is 2. The number of ether oxygens (including phenoxy) is 2. The lowest BCUT2D eigenvalue weighted by atomic mass is 9.93. The molecule has 0 fully saturated rings. The SMILES string of the molecule is COc1ccc(C(C)(C)NC(=O)CNc2ncnc3ccccc23)cc1OC. The summed E-state index contributed by atoms with van der Waals surface area (Å²) >= 11 is 0. The van der Waals surface area contributed by atoms with Crippen molar-refractivity contribution in [3.8, 4) is 11.5 Å². The molecule has 0 atom stereocenters. The fourth-order valence-corrected chi connectivity index (χ4v) is 3.00. The zero-order chi connectivity index (χ0) is 20.1. The van der Waals surface area contributed by atoms with Crippen LogP contribution in [0.2, 0.25) is 0 Å². The molecule has 1 heterocycles. The molecule has 0 aliphatic carbocycles. The summed E-state index contributed by atoms with van der Waals surface area (Å²) in [6.45, 7) is 3.97. The van der Waals surface area contributed by atoms with Crippen molar-refractivity contribution in [3.63, 3.8) is 0 Å². The second-order valence-electron chi connectivity index (χ2n) is 6.84. The van der Waals surface area contributed by atoms with Crippen LogP contribution in [0.4, 0.5) is 5.82 Å². The van der Waals surface area contributed by atoms with Crippen molar-refractivity contribution >= 4 is 22.6 Å². The smallest absolute Gasteiger partial charge is 0.240 e. The van der Waals surface area contributed by atoms with E-state index in [9.17, 15) is 4.79 Å². The number of hydrogen-bond acceptors (Lipinski definition) is 6. The predicted molar refractivity (Wildman–Crippen MR) is 109 cm³/mol. The van der Waals surface area contributed by atoms with Crippen LogP contribution in [-0.4, -0.2) is 36.6 Å². The molecule has 146 valence electrons.